The van der Waals surface area contributed by atoms with Gasteiger partial charge in [-0.2, -0.15) is 0 Å². The second-order valence-electron chi connectivity index (χ2n) is 4.47. The molecule has 0 radical (unpaired) electrons. The highest BCUT2D eigenvalue weighted by molar-refractivity contribution is 5.99. The first-order valence-corrected chi connectivity index (χ1v) is 6.24. The van der Waals surface area contributed by atoms with Crippen molar-refractivity contribution in [1.29, 1.82) is 0 Å². The fourth-order valence-electron chi connectivity index (χ4n) is 1.95. The van der Waals surface area contributed by atoms with Crippen molar-refractivity contribution in [3.63, 3.8) is 0 Å². The van der Waals surface area contributed by atoms with Crippen LogP contribution >= 0.6 is 0 Å². The molecule has 0 bridgehead atoms. The molecule has 0 unspecified atom stereocenters. The van der Waals surface area contributed by atoms with Crippen LogP contribution in [0.15, 0.2) is 36.4 Å². The first kappa shape index (κ1) is 12.4. The monoisotopic (exact) mass is 272 g/mol. The fraction of sp³-hybridized carbons (Fsp3) is 0.143. The maximum atomic E-state index is 12.8. The molecular formula is C14H13FN4O. The number of carbonyl (C=O) groups is 1. The Balaban J connectivity index is 1.69. The average Bonchev–Trinajstić information content (AvgIpc) is 2.46. The zero-order chi connectivity index (χ0) is 13.9. The van der Waals surface area contributed by atoms with Crippen LogP contribution in [0.25, 0.3) is 0 Å². The SMILES string of the molecule is O=C1CNc2nc(NCc3ccc(F)cc3)ccc2N1. The van der Waals surface area contributed by atoms with Crippen LogP contribution in [0.2, 0.25) is 0 Å². The van der Waals surface area contributed by atoms with E-state index in [4.69, 9.17) is 0 Å². The summed E-state index contributed by atoms with van der Waals surface area (Å²) in [5.74, 6) is 1.01. The lowest BCUT2D eigenvalue weighted by molar-refractivity contribution is -0.114. The maximum Gasteiger partial charge on any atom is 0.243 e. The number of benzene rings is 1. The van der Waals surface area contributed by atoms with Gasteiger partial charge >= 0.3 is 0 Å². The molecule has 3 N–H and O–H groups in total. The third kappa shape index (κ3) is 2.69. The molecule has 5 nitrogen and oxygen atoms in total. The van der Waals surface area contributed by atoms with Crippen molar-refractivity contribution in [3.05, 3.63) is 47.8 Å². The van der Waals surface area contributed by atoms with Gasteiger partial charge in [0.15, 0.2) is 5.82 Å². The molecule has 6 heteroatoms. The molecule has 0 saturated carbocycles. The Morgan fingerprint density at radius 2 is 2.00 bits per heavy atom. The number of aromatic nitrogens is 1. The molecule has 2 aromatic rings. The molecule has 2 heterocycles. The highest BCUT2D eigenvalue weighted by atomic mass is 19.1. The topological polar surface area (TPSA) is 66.0 Å². The van der Waals surface area contributed by atoms with Crippen molar-refractivity contribution in [1.82, 2.24) is 4.98 Å². The minimum Gasteiger partial charge on any atom is -0.366 e. The summed E-state index contributed by atoms with van der Waals surface area (Å²) in [4.78, 5) is 15.6. The second kappa shape index (κ2) is 5.16. The van der Waals surface area contributed by atoms with E-state index in [0.717, 1.165) is 5.56 Å². The molecule has 1 aliphatic rings. The largest absolute Gasteiger partial charge is 0.366 e. The van der Waals surface area contributed by atoms with Gasteiger partial charge in [-0.05, 0) is 29.8 Å². The van der Waals surface area contributed by atoms with Crippen molar-refractivity contribution < 1.29 is 9.18 Å². The van der Waals surface area contributed by atoms with Gasteiger partial charge in [-0.15, -0.1) is 0 Å². The van der Waals surface area contributed by atoms with Gasteiger partial charge < -0.3 is 16.0 Å². The minimum atomic E-state index is -0.249. The number of hydrogen-bond donors (Lipinski definition) is 3. The van der Waals surface area contributed by atoms with Gasteiger partial charge in [0.1, 0.15) is 11.6 Å². The van der Waals surface area contributed by atoms with E-state index in [1.54, 1.807) is 24.3 Å². The third-order valence-electron chi connectivity index (χ3n) is 2.97. The van der Waals surface area contributed by atoms with E-state index in [-0.39, 0.29) is 18.3 Å². The molecule has 1 aromatic heterocycles. The van der Waals surface area contributed by atoms with Crippen molar-refractivity contribution in [2.45, 2.75) is 6.54 Å². The molecule has 0 spiro atoms. The zero-order valence-corrected chi connectivity index (χ0v) is 10.6. The van der Waals surface area contributed by atoms with Gasteiger partial charge in [0.05, 0.1) is 12.2 Å². The molecular weight excluding hydrogens is 259 g/mol. The summed E-state index contributed by atoms with van der Waals surface area (Å²) in [6.45, 7) is 0.778. The predicted molar refractivity (Wildman–Crippen MR) is 75.1 cm³/mol. The Kier molecular flexibility index (Phi) is 3.20. The predicted octanol–water partition coefficient (Wildman–Crippen LogP) is 2.20. The number of nitrogens with one attached hydrogen (secondary N) is 3. The molecule has 0 atom stereocenters. The van der Waals surface area contributed by atoms with Crippen LogP contribution < -0.4 is 16.0 Å². The molecule has 1 aliphatic heterocycles. The Morgan fingerprint density at radius 3 is 2.80 bits per heavy atom. The Bertz CT molecular complexity index is 642. The summed E-state index contributed by atoms with van der Waals surface area (Å²) in [5, 5.41) is 8.83. The molecule has 0 saturated heterocycles. The van der Waals surface area contributed by atoms with Crippen LogP contribution in [-0.2, 0) is 11.3 Å². The summed E-state index contributed by atoms with van der Waals surface area (Å²) < 4.78 is 12.8. The van der Waals surface area contributed by atoms with E-state index < -0.39 is 0 Å². The van der Waals surface area contributed by atoms with E-state index >= 15 is 0 Å². The van der Waals surface area contributed by atoms with Gasteiger partial charge in [-0.25, -0.2) is 9.37 Å². The highest BCUT2D eigenvalue weighted by Gasteiger charge is 2.15. The lowest BCUT2D eigenvalue weighted by Gasteiger charge is -2.18. The molecule has 1 amide bonds. The van der Waals surface area contributed by atoms with E-state index in [2.05, 4.69) is 20.9 Å². The average molecular weight is 272 g/mol. The normalized spacial score (nSPS) is 13.2. The first-order chi connectivity index (χ1) is 9.70. The number of amides is 1. The highest BCUT2D eigenvalue weighted by Crippen LogP contribution is 2.24. The van der Waals surface area contributed by atoms with Crippen molar-refractivity contribution in [3.8, 4) is 0 Å². The molecule has 102 valence electrons. The fourth-order valence-corrected chi connectivity index (χ4v) is 1.95. The number of anilines is 3. The van der Waals surface area contributed by atoms with Gasteiger partial charge in [0.25, 0.3) is 0 Å². The number of pyridine rings is 1. The quantitative estimate of drug-likeness (QED) is 0.801. The molecule has 1 aromatic carbocycles. The summed E-state index contributed by atoms with van der Waals surface area (Å²) in [5.41, 5.74) is 1.64. The number of hydrogen-bond acceptors (Lipinski definition) is 4. The maximum absolute atomic E-state index is 12.8. The number of rotatable bonds is 3. The standard InChI is InChI=1S/C14H13FN4O/c15-10-3-1-9(2-4-10)7-16-12-6-5-11-14(19-12)17-8-13(20)18-11/h1-6H,7-8H2,(H,18,20)(H2,16,17,19). The zero-order valence-electron chi connectivity index (χ0n) is 10.6. The van der Waals surface area contributed by atoms with E-state index in [1.807, 2.05) is 0 Å². The Labute approximate surface area is 115 Å². The van der Waals surface area contributed by atoms with E-state index in [9.17, 15) is 9.18 Å². The summed E-state index contributed by atoms with van der Waals surface area (Å²) in [7, 11) is 0. The van der Waals surface area contributed by atoms with Crippen molar-refractivity contribution in [2.75, 3.05) is 22.5 Å². The third-order valence-corrected chi connectivity index (χ3v) is 2.97. The first-order valence-electron chi connectivity index (χ1n) is 6.24. The number of halogens is 1. The van der Waals surface area contributed by atoms with Gasteiger partial charge in [-0.3, -0.25) is 4.79 Å². The van der Waals surface area contributed by atoms with Gasteiger partial charge in [-0.1, -0.05) is 12.1 Å². The molecule has 20 heavy (non-hydrogen) atoms. The molecule has 0 fully saturated rings. The lowest BCUT2D eigenvalue weighted by atomic mass is 10.2. The van der Waals surface area contributed by atoms with Crippen LogP contribution in [-0.4, -0.2) is 17.4 Å². The summed E-state index contributed by atoms with van der Waals surface area (Å²) in [6, 6.07) is 9.87. The number of nitrogens with zero attached hydrogens (tertiary/aromatic N) is 1. The van der Waals surface area contributed by atoms with Crippen LogP contribution in [0.4, 0.5) is 21.7 Å². The number of carbonyl (C=O) groups excluding carboxylic acids is 1. The number of fused-ring (bicyclic) bond motifs is 1. The lowest BCUT2D eigenvalue weighted by Crippen LogP contribution is -2.28. The van der Waals surface area contributed by atoms with Crippen molar-refractivity contribution >= 4 is 23.2 Å². The van der Waals surface area contributed by atoms with Crippen molar-refractivity contribution in [2.24, 2.45) is 0 Å². The van der Waals surface area contributed by atoms with Gasteiger partial charge in [0.2, 0.25) is 5.91 Å². The van der Waals surface area contributed by atoms with E-state index in [1.165, 1.54) is 12.1 Å². The van der Waals surface area contributed by atoms with Crippen LogP contribution in [0.3, 0.4) is 0 Å². The Morgan fingerprint density at radius 1 is 1.20 bits per heavy atom. The molecule has 0 aliphatic carbocycles. The van der Waals surface area contributed by atoms with Crippen LogP contribution in [0.1, 0.15) is 5.56 Å². The smallest absolute Gasteiger partial charge is 0.243 e. The van der Waals surface area contributed by atoms with Crippen LogP contribution in [0.5, 0.6) is 0 Å². The minimum absolute atomic E-state index is 0.0775. The molecule has 3 rings (SSSR count). The second-order valence-corrected chi connectivity index (χ2v) is 4.47. The van der Waals surface area contributed by atoms with Gasteiger partial charge in [0, 0.05) is 6.54 Å². The van der Waals surface area contributed by atoms with E-state index in [0.29, 0.717) is 23.9 Å². The summed E-state index contributed by atoms with van der Waals surface area (Å²) in [6.07, 6.45) is 0. The Hall–Kier alpha value is -2.63. The van der Waals surface area contributed by atoms with Crippen LogP contribution in [0, 0.1) is 5.82 Å². The summed E-state index contributed by atoms with van der Waals surface area (Å²) >= 11 is 0.